The molecule has 1 amide bonds. The molecule has 0 bridgehead atoms. The molecule has 0 radical (unpaired) electrons. The molecule has 0 unspecified atom stereocenters. The summed E-state index contributed by atoms with van der Waals surface area (Å²) in [6.07, 6.45) is 5.28. The first kappa shape index (κ1) is 14.0. The number of hydrogen-bond acceptors (Lipinski definition) is 2. The van der Waals surface area contributed by atoms with Crippen LogP contribution < -0.4 is 5.32 Å². The molecule has 0 spiro atoms. The summed E-state index contributed by atoms with van der Waals surface area (Å²) in [4.78, 5) is 12.2. The Balaban J connectivity index is 1.55. The third kappa shape index (κ3) is 2.72. The first-order valence-electron chi connectivity index (χ1n) is 7.76. The second-order valence-electron chi connectivity index (χ2n) is 5.96. The number of amides is 1. The van der Waals surface area contributed by atoms with Crippen molar-refractivity contribution >= 4 is 22.6 Å². The topological polar surface area (TPSA) is 42.2 Å². The number of carbonyl (C=O) groups is 1. The molecule has 1 aliphatic rings. The van der Waals surface area contributed by atoms with Crippen LogP contribution in [0.25, 0.3) is 11.0 Å². The van der Waals surface area contributed by atoms with E-state index in [1.165, 1.54) is 29.7 Å². The molecule has 0 saturated carbocycles. The number of fused-ring (bicyclic) bond motifs is 2. The zero-order valence-corrected chi connectivity index (χ0v) is 12.6. The molecule has 1 N–H and O–H groups in total. The standard InChI is InChI=1S/C19H16FNO2/c20-15-4-6-16(7-5-15)21-19(22)10-14-11-23-18-9-13-3-1-2-12(13)8-17(14)18/h4-9,11H,1-3,10H2,(H,21,22). The summed E-state index contributed by atoms with van der Waals surface area (Å²) in [7, 11) is 0. The summed E-state index contributed by atoms with van der Waals surface area (Å²) in [6, 6.07) is 10.0. The van der Waals surface area contributed by atoms with Crippen LogP contribution in [-0.4, -0.2) is 5.91 Å². The van der Waals surface area contributed by atoms with Crippen LogP contribution in [0.15, 0.2) is 47.1 Å². The van der Waals surface area contributed by atoms with Crippen molar-refractivity contribution in [1.29, 1.82) is 0 Å². The molecular formula is C19H16FNO2. The number of halogens is 1. The van der Waals surface area contributed by atoms with Gasteiger partial charge in [-0.3, -0.25) is 4.79 Å². The van der Waals surface area contributed by atoms with Gasteiger partial charge < -0.3 is 9.73 Å². The lowest BCUT2D eigenvalue weighted by molar-refractivity contribution is -0.115. The van der Waals surface area contributed by atoms with Gasteiger partial charge in [0.15, 0.2) is 0 Å². The maximum absolute atomic E-state index is 12.9. The number of anilines is 1. The lowest BCUT2D eigenvalue weighted by Gasteiger charge is -2.05. The molecule has 23 heavy (non-hydrogen) atoms. The van der Waals surface area contributed by atoms with E-state index in [1.54, 1.807) is 18.4 Å². The second-order valence-corrected chi connectivity index (χ2v) is 5.96. The van der Waals surface area contributed by atoms with E-state index in [9.17, 15) is 9.18 Å². The van der Waals surface area contributed by atoms with Crippen LogP contribution in [-0.2, 0) is 24.1 Å². The molecule has 4 rings (SSSR count). The van der Waals surface area contributed by atoms with Crippen molar-refractivity contribution in [2.45, 2.75) is 25.7 Å². The smallest absolute Gasteiger partial charge is 0.228 e. The van der Waals surface area contributed by atoms with E-state index in [4.69, 9.17) is 4.42 Å². The predicted molar refractivity (Wildman–Crippen MR) is 87.0 cm³/mol. The minimum Gasteiger partial charge on any atom is -0.464 e. The largest absolute Gasteiger partial charge is 0.464 e. The van der Waals surface area contributed by atoms with Gasteiger partial charge in [-0.05, 0) is 66.8 Å². The van der Waals surface area contributed by atoms with Gasteiger partial charge >= 0.3 is 0 Å². The maximum Gasteiger partial charge on any atom is 0.228 e. The van der Waals surface area contributed by atoms with Crippen LogP contribution in [0.2, 0.25) is 0 Å². The highest BCUT2D eigenvalue weighted by atomic mass is 19.1. The van der Waals surface area contributed by atoms with Gasteiger partial charge in [-0.2, -0.15) is 0 Å². The minimum absolute atomic E-state index is 0.139. The molecule has 1 aliphatic carbocycles. The average molecular weight is 309 g/mol. The fourth-order valence-corrected chi connectivity index (χ4v) is 3.20. The fourth-order valence-electron chi connectivity index (χ4n) is 3.20. The van der Waals surface area contributed by atoms with Crippen LogP contribution in [0.3, 0.4) is 0 Å². The van der Waals surface area contributed by atoms with Gasteiger partial charge in [0.1, 0.15) is 11.4 Å². The highest BCUT2D eigenvalue weighted by molar-refractivity contribution is 5.95. The number of furan rings is 1. The van der Waals surface area contributed by atoms with Gasteiger partial charge in [0, 0.05) is 16.6 Å². The van der Waals surface area contributed by atoms with Gasteiger partial charge in [-0.15, -0.1) is 0 Å². The van der Waals surface area contributed by atoms with Crippen LogP contribution >= 0.6 is 0 Å². The fraction of sp³-hybridized carbons (Fsp3) is 0.211. The molecule has 4 heteroatoms. The van der Waals surface area contributed by atoms with Crippen LogP contribution in [0.4, 0.5) is 10.1 Å². The summed E-state index contributed by atoms with van der Waals surface area (Å²) in [5.41, 5.74) is 5.03. The normalized spacial score (nSPS) is 13.3. The summed E-state index contributed by atoms with van der Waals surface area (Å²) in [5.74, 6) is -0.461. The molecule has 1 heterocycles. The number of rotatable bonds is 3. The van der Waals surface area contributed by atoms with Gasteiger partial charge in [0.25, 0.3) is 0 Å². The Kier molecular flexibility index (Phi) is 3.37. The molecule has 1 aromatic heterocycles. The zero-order chi connectivity index (χ0) is 15.8. The highest BCUT2D eigenvalue weighted by Crippen LogP contribution is 2.30. The Hall–Kier alpha value is -2.62. The van der Waals surface area contributed by atoms with Crippen molar-refractivity contribution < 1.29 is 13.6 Å². The summed E-state index contributed by atoms with van der Waals surface area (Å²) in [6.45, 7) is 0. The highest BCUT2D eigenvalue weighted by Gasteiger charge is 2.16. The van der Waals surface area contributed by atoms with E-state index in [0.29, 0.717) is 5.69 Å². The number of hydrogen-bond donors (Lipinski definition) is 1. The third-order valence-corrected chi connectivity index (χ3v) is 4.35. The average Bonchev–Trinajstić information content (AvgIpc) is 3.14. The van der Waals surface area contributed by atoms with Crippen molar-refractivity contribution in [2.24, 2.45) is 0 Å². The molecule has 0 atom stereocenters. The number of aryl methyl sites for hydroxylation is 2. The Morgan fingerprint density at radius 3 is 2.65 bits per heavy atom. The van der Waals surface area contributed by atoms with Gasteiger partial charge in [0.05, 0.1) is 12.7 Å². The Labute approximate surface area is 133 Å². The molecule has 3 aromatic rings. The third-order valence-electron chi connectivity index (χ3n) is 4.35. The SMILES string of the molecule is O=C(Cc1coc2cc3c(cc12)CCC3)Nc1ccc(F)cc1. The lowest BCUT2D eigenvalue weighted by atomic mass is 10.0. The first-order chi connectivity index (χ1) is 11.2. The summed E-state index contributed by atoms with van der Waals surface area (Å²) >= 11 is 0. The van der Waals surface area contributed by atoms with Gasteiger partial charge in [-0.1, -0.05) is 0 Å². The zero-order valence-electron chi connectivity index (χ0n) is 12.6. The van der Waals surface area contributed by atoms with Crippen molar-refractivity contribution in [2.75, 3.05) is 5.32 Å². The van der Waals surface area contributed by atoms with Crippen molar-refractivity contribution in [3.8, 4) is 0 Å². The maximum atomic E-state index is 12.9. The minimum atomic E-state index is -0.322. The number of benzene rings is 2. The Morgan fingerprint density at radius 1 is 1.13 bits per heavy atom. The van der Waals surface area contributed by atoms with Crippen LogP contribution in [0.5, 0.6) is 0 Å². The Bertz CT molecular complexity index is 880. The predicted octanol–water partition coefficient (Wildman–Crippen LogP) is 4.24. The van der Waals surface area contributed by atoms with E-state index in [1.807, 2.05) is 0 Å². The molecule has 3 nitrogen and oxygen atoms in total. The van der Waals surface area contributed by atoms with E-state index >= 15 is 0 Å². The van der Waals surface area contributed by atoms with Crippen LogP contribution in [0, 0.1) is 5.82 Å². The van der Waals surface area contributed by atoms with Crippen LogP contribution in [0.1, 0.15) is 23.1 Å². The second kappa shape index (κ2) is 5.54. The van der Waals surface area contributed by atoms with E-state index < -0.39 is 0 Å². The van der Waals surface area contributed by atoms with Crippen molar-refractivity contribution in [3.63, 3.8) is 0 Å². The summed E-state index contributed by atoms with van der Waals surface area (Å²) in [5, 5.41) is 3.79. The molecule has 116 valence electrons. The van der Waals surface area contributed by atoms with Crippen molar-refractivity contribution in [3.05, 3.63) is 65.2 Å². The molecule has 0 saturated heterocycles. The number of carbonyl (C=O) groups excluding carboxylic acids is 1. The van der Waals surface area contributed by atoms with Gasteiger partial charge in [-0.25, -0.2) is 4.39 Å². The Morgan fingerprint density at radius 2 is 1.87 bits per heavy atom. The molecule has 2 aromatic carbocycles. The van der Waals surface area contributed by atoms with E-state index in [2.05, 4.69) is 17.4 Å². The summed E-state index contributed by atoms with van der Waals surface area (Å²) < 4.78 is 18.5. The number of nitrogens with one attached hydrogen (secondary N) is 1. The van der Waals surface area contributed by atoms with E-state index in [0.717, 1.165) is 29.4 Å². The van der Waals surface area contributed by atoms with Gasteiger partial charge in [0.2, 0.25) is 5.91 Å². The molecule has 0 fully saturated rings. The van der Waals surface area contributed by atoms with Crippen molar-refractivity contribution in [1.82, 2.24) is 0 Å². The first-order valence-corrected chi connectivity index (χ1v) is 7.76. The lowest BCUT2D eigenvalue weighted by Crippen LogP contribution is -2.14. The quantitative estimate of drug-likeness (QED) is 0.786. The molecule has 0 aliphatic heterocycles. The monoisotopic (exact) mass is 309 g/mol. The molecular weight excluding hydrogens is 293 g/mol. The van der Waals surface area contributed by atoms with E-state index in [-0.39, 0.29) is 18.1 Å².